The maximum Gasteiger partial charge on any atom is 0.142 e. The molecule has 0 aliphatic heterocycles. The molecule has 0 radical (unpaired) electrons. The fourth-order valence-electron chi connectivity index (χ4n) is 2.89. The van der Waals surface area contributed by atoms with E-state index in [9.17, 15) is 13.2 Å². The summed E-state index contributed by atoms with van der Waals surface area (Å²) in [6.45, 7) is 2.08. The van der Waals surface area contributed by atoms with Gasteiger partial charge in [0, 0.05) is 5.56 Å². The molecular formula is C25H20ClF3N2. The number of azo groups is 1. The first-order valence-electron chi connectivity index (χ1n) is 9.93. The molecule has 0 amide bonds. The molecule has 31 heavy (non-hydrogen) atoms. The van der Waals surface area contributed by atoms with Crippen LogP contribution < -0.4 is 0 Å². The highest BCUT2D eigenvalue weighted by atomic mass is 35.5. The Morgan fingerprint density at radius 1 is 0.839 bits per heavy atom. The van der Waals surface area contributed by atoms with Crippen molar-refractivity contribution in [1.29, 1.82) is 0 Å². The Bertz CT molecular complexity index is 1120. The van der Waals surface area contributed by atoms with E-state index in [1.54, 1.807) is 24.3 Å². The van der Waals surface area contributed by atoms with Crippen LogP contribution in [0.5, 0.6) is 0 Å². The van der Waals surface area contributed by atoms with Gasteiger partial charge in [-0.25, -0.2) is 13.2 Å². The van der Waals surface area contributed by atoms with Crippen molar-refractivity contribution in [1.82, 2.24) is 0 Å². The van der Waals surface area contributed by atoms with Crippen molar-refractivity contribution < 1.29 is 13.2 Å². The van der Waals surface area contributed by atoms with E-state index in [2.05, 4.69) is 29.0 Å². The molecule has 0 fully saturated rings. The van der Waals surface area contributed by atoms with Crippen molar-refractivity contribution in [2.24, 2.45) is 10.2 Å². The monoisotopic (exact) mass is 440 g/mol. The minimum Gasteiger partial charge on any atom is -0.207 e. The van der Waals surface area contributed by atoms with Gasteiger partial charge in [0.2, 0.25) is 0 Å². The highest BCUT2D eigenvalue weighted by molar-refractivity contribution is 6.32. The number of rotatable bonds is 6. The second-order valence-corrected chi connectivity index (χ2v) is 7.39. The lowest BCUT2D eigenvalue weighted by Gasteiger charge is -2.04. The normalized spacial score (nSPS) is 10.9. The van der Waals surface area contributed by atoms with Gasteiger partial charge in [-0.3, -0.25) is 0 Å². The summed E-state index contributed by atoms with van der Waals surface area (Å²) in [5.74, 6) is 3.58. The smallest absolute Gasteiger partial charge is 0.142 e. The first kappa shape index (κ1) is 22.6. The first-order valence-corrected chi connectivity index (χ1v) is 10.3. The zero-order valence-corrected chi connectivity index (χ0v) is 17.7. The number of aryl methyl sites for hydroxylation is 1. The third-order valence-electron chi connectivity index (χ3n) is 4.55. The largest absolute Gasteiger partial charge is 0.207 e. The second-order valence-electron chi connectivity index (χ2n) is 6.98. The van der Waals surface area contributed by atoms with Gasteiger partial charge in [-0.05, 0) is 73.0 Å². The predicted molar refractivity (Wildman–Crippen MR) is 118 cm³/mol. The number of benzene rings is 3. The summed E-state index contributed by atoms with van der Waals surface area (Å²) in [6.07, 6.45) is 3.62. The number of halogens is 4. The molecule has 0 saturated heterocycles. The molecule has 0 unspecified atom stereocenters. The van der Waals surface area contributed by atoms with Gasteiger partial charge in [-0.1, -0.05) is 43.2 Å². The average Bonchev–Trinajstić information content (AvgIpc) is 2.73. The molecule has 2 nitrogen and oxygen atoms in total. The number of unbranched alkanes of at least 4 members (excludes halogenated alkanes) is 2. The van der Waals surface area contributed by atoms with E-state index in [0.717, 1.165) is 25.3 Å². The zero-order valence-electron chi connectivity index (χ0n) is 16.9. The lowest BCUT2D eigenvalue weighted by molar-refractivity contribution is 0.572. The van der Waals surface area contributed by atoms with Crippen LogP contribution in [-0.2, 0) is 6.42 Å². The Hall–Kier alpha value is -3.10. The lowest BCUT2D eigenvalue weighted by Crippen LogP contribution is -1.95. The number of hydrogen-bond donors (Lipinski definition) is 0. The van der Waals surface area contributed by atoms with Crippen LogP contribution in [0, 0.1) is 29.3 Å². The van der Waals surface area contributed by atoms with Crippen molar-refractivity contribution in [2.75, 3.05) is 0 Å². The number of hydrogen-bond acceptors (Lipinski definition) is 2. The Morgan fingerprint density at radius 3 is 2.19 bits per heavy atom. The maximum absolute atomic E-state index is 14.3. The Morgan fingerprint density at radius 2 is 1.55 bits per heavy atom. The van der Waals surface area contributed by atoms with Crippen LogP contribution >= 0.6 is 11.6 Å². The average molecular weight is 441 g/mol. The van der Waals surface area contributed by atoms with Gasteiger partial charge < -0.3 is 0 Å². The molecule has 0 aromatic heterocycles. The fourth-order valence-corrected chi connectivity index (χ4v) is 3.09. The summed E-state index contributed by atoms with van der Waals surface area (Å²) in [7, 11) is 0. The molecule has 0 spiro atoms. The van der Waals surface area contributed by atoms with Crippen LogP contribution in [-0.4, -0.2) is 0 Å². The molecule has 3 aromatic carbocycles. The minimum atomic E-state index is -0.652. The SMILES string of the molecule is CCCCCc1cc(F)c(C#Cc2ccc(N=Nc3ccc(F)cc3Cl)cc2)c(F)c1. The molecule has 0 saturated carbocycles. The van der Waals surface area contributed by atoms with E-state index in [0.29, 0.717) is 28.9 Å². The lowest BCUT2D eigenvalue weighted by atomic mass is 10.0. The molecule has 3 aromatic rings. The molecule has 158 valence electrons. The van der Waals surface area contributed by atoms with Crippen LogP contribution in [0.25, 0.3) is 0 Å². The fraction of sp³-hybridized carbons (Fsp3) is 0.200. The second kappa shape index (κ2) is 10.8. The van der Waals surface area contributed by atoms with Crippen LogP contribution in [0.1, 0.15) is 42.9 Å². The zero-order chi connectivity index (χ0) is 22.2. The molecule has 0 aliphatic carbocycles. The third-order valence-corrected chi connectivity index (χ3v) is 4.86. The van der Waals surface area contributed by atoms with Crippen molar-refractivity contribution in [2.45, 2.75) is 32.6 Å². The molecule has 0 bridgehead atoms. The summed E-state index contributed by atoms with van der Waals surface area (Å²) in [5, 5.41) is 8.19. The summed E-state index contributed by atoms with van der Waals surface area (Å²) in [4.78, 5) is 0. The van der Waals surface area contributed by atoms with E-state index < -0.39 is 17.5 Å². The number of nitrogens with zero attached hydrogens (tertiary/aromatic N) is 2. The standard InChI is InChI=1S/C25H20ClF3N2/c1-2-3-4-5-18-14-23(28)21(24(29)15-18)12-8-17-6-10-20(11-7-17)30-31-25-13-9-19(27)16-22(25)26/h6-7,9-11,13-16H,2-5H2,1H3. The third kappa shape index (κ3) is 6.44. The molecule has 3 rings (SSSR count). The highest BCUT2D eigenvalue weighted by Crippen LogP contribution is 2.27. The van der Waals surface area contributed by atoms with Crippen molar-refractivity contribution >= 4 is 23.0 Å². The topological polar surface area (TPSA) is 24.7 Å². The van der Waals surface area contributed by atoms with Crippen LogP contribution in [0.4, 0.5) is 24.5 Å². The van der Waals surface area contributed by atoms with Gasteiger partial charge in [-0.2, -0.15) is 5.11 Å². The Balaban J connectivity index is 1.71. The molecule has 0 atom stereocenters. The van der Waals surface area contributed by atoms with Gasteiger partial charge >= 0.3 is 0 Å². The Labute approximate surface area is 184 Å². The van der Waals surface area contributed by atoms with E-state index in [1.807, 2.05) is 0 Å². The van der Waals surface area contributed by atoms with Crippen LogP contribution in [0.3, 0.4) is 0 Å². The van der Waals surface area contributed by atoms with Gasteiger partial charge in [0.15, 0.2) is 0 Å². The highest BCUT2D eigenvalue weighted by Gasteiger charge is 2.09. The van der Waals surface area contributed by atoms with E-state index in [4.69, 9.17) is 11.6 Å². The molecule has 6 heteroatoms. The quantitative estimate of drug-likeness (QED) is 0.209. The first-order chi connectivity index (χ1) is 15.0. The molecule has 0 aliphatic rings. The van der Waals surface area contributed by atoms with Crippen LogP contribution in [0.2, 0.25) is 5.02 Å². The van der Waals surface area contributed by atoms with E-state index in [-0.39, 0.29) is 10.6 Å². The summed E-state index contributed by atoms with van der Waals surface area (Å²) < 4.78 is 41.7. The van der Waals surface area contributed by atoms with Gasteiger partial charge in [0.05, 0.1) is 16.3 Å². The molecular weight excluding hydrogens is 421 g/mol. The van der Waals surface area contributed by atoms with Crippen molar-refractivity contribution in [3.05, 3.63) is 93.8 Å². The minimum absolute atomic E-state index is 0.159. The molecule has 0 N–H and O–H groups in total. The van der Waals surface area contributed by atoms with Crippen molar-refractivity contribution in [3.8, 4) is 11.8 Å². The van der Waals surface area contributed by atoms with E-state index >= 15 is 0 Å². The summed E-state index contributed by atoms with van der Waals surface area (Å²) in [6, 6.07) is 13.2. The van der Waals surface area contributed by atoms with Gasteiger partial charge in [0.1, 0.15) is 23.1 Å². The predicted octanol–water partition coefficient (Wildman–Crippen LogP) is 8.31. The van der Waals surface area contributed by atoms with Crippen molar-refractivity contribution in [3.63, 3.8) is 0 Å². The summed E-state index contributed by atoms with van der Waals surface area (Å²) in [5.41, 5.74) is 1.85. The van der Waals surface area contributed by atoms with E-state index in [1.165, 1.54) is 24.3 Å². The van der Waals surface area contributed by atoms with Gasteiger partial charge in [0.25, 0.3) is 0 Å². The maximum atomic E-state index is 14.3. The summed E-state index contributed by atoms with van der Waals surface area (Å²) >= 11 is 5.91. The Kier molecular flexibility index (Phi) is 7.86. The molecule has 0 heterocycles. The van der Waals surface area contributed by atoms with Crippen LogP contribution in [0.15, 0.2) is 64.8 Å². The van der Waals surface area contributed by atoms with Gasteiger partial charge in [-0.15, -0.1) is 5.11 Å².